The van der Waals surface area contributed by atoms with E-state index in [0.29, 0.717) is 34.6 Å². The van der Waals surface area contributed by atoms with Gasteiger partial charge in [0.15, 0.2) is 11.9 Å². The second kappa shape index (κ2) is 11.9. The van der Waals surface area contributed by atoms with Crippen molar-refractivity contribution in [2.45, 2.75) is 46.6 Å². The number of nitrogens with zero attached hydrogens (tertiary/aromatic N) is 3. The summed E-state index contributed by atoms with van der Waals surface area (Å²) in [6.45, 7) is 10.3. The van der Waals surface area contributed by atoms with Gasteiger partial charge in [0.1, 0.15) is 11.5 Å². The van der Waals surface area contributed by atoms with Gasteiger partial charge in [-0.1, -0.05) is 38.1 Å². The standard InChI is InChI=1S/C31H33N3O5/c1-7-38-28-16-20(4)25(17-24(28)19(2)3)29-33-26-14-10-9-13-23(26)30(35)34(29)32-18-22-12-8-11-15-27(22)39-21(5)31(36)37-6/h8-19,21H,7H2,1-6H3/t21-/m1/s1. The Morgan fingerprint density at radius 1 is 1.05 bits per heavy atom. The molecule has 1 atom stereocenters. The van der Waals surface area contributed by atoms with E-state index in [1.807, 2.05) is 44.2 Å². The summed E-state index contributed by atoms with van der Waals surface area (Å²) >= 11 is 0. The Balaban J connectivity index is 1.90. The van der Waals surface area contributed by atoms with Crippen LogP contribution >= 0.6 is 0 Å². The van der Waals surface area contributed by atoms with Crippen molar-refractivity contribution >= 4 is 23.1 Å². The smallest absolute Gasteiger partial charge is 0.346 e. The van der Waals surface area contributed by atoms with Gasteiger partial charge in [0.05, 0.1) is 30.8 Å². The van der Waals surface area contributed by atoms with Gasteiger partial charge >= 0.3 is 5.97 Å². The summed E-state index contributed by atoms with van der Waals surface area (Å²) < 4.78 is 17.8. The molecule has 0 spiro atoms. The molecule has 8 nitrogen and oxygen atoms in total. The number of rotatable bonds is 9. The molecule has 0 aliphatic carbocycles. The van der Waals surface area contributed by atoms with Crippen LogP contribution in [-0.4, -0.2) is 41.7 Å². The molecule has 1 heterocycles. The van der Waals surface area contributed by atoms with Crippen LogP contribution in [0.1, 0.15) is 50.3 Å². The fraction of sp³-hybridized carbons (Fsp3) is 0.290. The lowest BCUT2D eigenvalue weighted by Crippen LogP contribution is -2.25. The molecular formula is C31H33N3O5. The van der Waals surface area contributed by atoms with Crippen LogP contribution in [0.15, 0.2) is 70.6 Å². The minimum absolute atomic E-state index is 0.191. The molecule has 0 aliphatic heterocycles. The summed E-state index contributed by atoms with van der Waals surface area (Å²) in [5.74, 6) is 1.36. The summed E-state index contributed by atoms with van der Waals surface area (Å²) in [7, 11) is 1.31. The Labute approximate surface area is 227 Å². The molecule has 0 aliphatic rings. The highest BCUT2D eigenvalue weighted by atomic mass is 16.6. The Bertz CT molecular complexity index is 1590. The predicted octanol–water partition coefficient (Wildman–Crippen LogP) is 5.72. The largest absolute Gasteiger partial charge is 0.494 e. The molecule has 0 radical (unpaired) electrons. The van der Waals surface area contributed by atoms with E-state index in [4.69, 9.17) is 19.2 Å². The van der Waals surface area contributed by atoms with Gasteiger partial charge < -0.3 is 14.2 Å². The second-order valence-electron chi connectivity index (χ2n) is 9.43. The van der Waals surface area contributed by atoms with Crippen LogP contribution in [-0.2, 0) is 9.53 Å². The van der Waals surface area contributed by atoms with Gasteiger partial charge in [-0.25, -0.2) is 9.78 Å². The number of ether oxygens (including phenoxy) is 3. The predicted molar refractivity (Wildman–Crippen MR) is 153 cm³/mol. The number of hydrogen-bond acceptors (Lipinski definition) is 7. The average Bonchev–Trinajstić information content (AvgIpc) is 2.93. The Hall–Kier alpha value is -4.46. The molecule has 0 saturated heterocycles. The zero-order chi connectivity index (χ0) is 28.1. The molecule has 4 aromatic rings. The quantitative estimate of drug-likeness (QED) is 0.204. The molecule has 0 bridgehead atoms. The zero-order valence-electron chi connectivity index (χ0n) is 23.1. The third-order valence-electron chi connectivity index (χ3n) is 6.34. The number of aromatic nitrogens is 2. The Morgan fingerprint density at radius 2 is 1.77 bits per heavy atom. The molecule has 39 heavy (non-hydrogen) atoms. The van der Waals surface area contributed by atoms with Crippen LogP contribution in [0.25, 0.3) is 22.3 Å². The van der Waals surface area contributed by atoms with Crippen molar-refractivity contribution in [1.82, 2.24) is 9.66 Å². The molecule has 4 rings (SSSR count). The molecule has 0 N–H and O–H groups in total. The van der Waals surface area contributed by atoms with E-state index in [9.17, 15) is 9.59 Å². The molecule has 8 heteroatoms. The molecule has 0 amide bonds. The first-order chi connectivity index (χ1) is 18.7. The van der Waals surface area contributed by atoms with Gasteiger partial charge in [-0.05, 0) is 74.2 Å². The van der Waals surface area contributed by atoms with Crippen molar-refractivity contribution in [3.05, 3.63) is 87.7 Å². The number of carbonyl (C=O) groups is 1. The summed E-state index contributed by atoms with van der Waals surface area (Å²) in [6, 6.07) is 18.4. The minimum atomic E-state index is -0.814. The number of methoxy groups -OCH3 is 1. The van der Waals surface area contributed by atoms with Gasteiger partial charge in [0.25, 0.3) is 5.56 Å². The van der Waals surface area contributed by atoms with Crippen molar-refractivity contribution in [2.75, 3.05) is 13.7 Å². The topological polar surface area (TPSA) is 92.0 Å². The highest BCUT2D eigenvalue weighted by Crippen LogP contribution is 2.34. The van der Waals surface area contributed by atoms with Crippen LogP contribution in [0, 0.1) is 6.92 Å². The second-order valence-corrected chi connectivity index (χ2v) is 9.43. The van der Waals surface area contributed by atoms with E-state index in [-0.39, 0.29) is 11.5 Å². The monoisotopic (exact) mass is 527 g/mol. The SMILES string of the molecule is CCOc1cc(C)c(-c2nc3ccccc3c(=O)n2N=Cc2ccccc2O[C@H](C)C(=O)OC)cc1C(C)C. The normalized spacial score (nSPS) is 12.2. The van der Waals surface area contributed by atoms with Crippen molar-refractivity contribution in [3.63, 3.8) is 0 Å². The Kier molecular flexibility index (Phi) is 8.44. The van der Waals surface area contributed by atoms with Crippen LogP contribution in [0.3, 0.4) is 0 Å². The van der Waals surface area contributed by atoms with E-state index in [0.717, 1.165) is 22.4 Å². The van der Waals surface area contributed by atoms with Crippen molar-refractivity contribution in [3.8, 4) is 22.9 Å². The van der Waals surface area contributed by atoms with E-state index in [1.54, 1.807) is 37.3 Å². The maximum Gasteiger partial charge on any atom is 0.346 e. The van der Waals surface area contributed by atoms with Crippen LogP contribution in [0.5, 0.6) is 11.5 Å². The number of carbonyl (C=O) groups excluding carboxylic acids is 1. The number of hydrogen-bond donors (Lipinski definition) is 0. The van der Waals surface area contributed by atoms with Gasteiger partial charge in [-0.2, -0.15) is 9.78 Å². The van der Waals surface area contributed by atoms with Gasteiger partial charge in [-0.3, -0.25) is 4.79 Å². The number of fused-ring (bicyclic) bond motifs is 1. The highest BCUT2D eigenvalue weighted by molar-refractivity contribution is 5.85. The minimum Gasteiger partial charge on any atom is -0.494 e. The molecule has 3 aromatic carbocycles. The van der Waals surface area contributed by atoms with Crippen LogP contribution in [0.2, 0.25) is 0 Å². The summed E-state index contributed by atoms with van der Waals surface area (Å²) in [5, 5.41) is 5.05. The number of benzene rings is 3. The molecule has 0 fully saturated rings. The average molecular weight is 528 g/mol. The van der Waals surface area contributed by atoms with Crippen molar-refractivity contribution in [1.29, 1.82) is 0 Å². The van der Waals surface area contributed by atoms with E-state index >= 15 is 0 Å². The third kappa shape index (κ3) is 5.85. The van der Waals surface area contributed by atoms with Crippen LogP contribution in [0.4, 0.5) is 0 Å². The maximum atomic E-state index is 13.7. The van der Waals surface area contributed by atoms with E-state index in [2.05, 4.69) is 18.9 Å². The first kappa shape index (κ1) is 27.6. The van der Waals surface area contributed by atoms with Gasteiger partial charge in [0, 0.05) is 11.1 Å². The van der Waals surface area contributed by atoms with Crippen molar-refractivity contribution < 1.29 is 19.0 Å². The van der Waals surface area contributed by atoms with E-state index in [1.165, 1.54) is 18.0 Å². The Morgan fingerprint density at radius 3 is 2.49 bits per heavy atom. The lowest BCUT2D eigenvalue weighted by molar-refractivity contribution is -0.147. The molecule has 0 unspecified atom stereocenters. The fourth-order valence-electron chi connectivity index (χ4n) is 4.29. The zero-order valence-corrected chi connectivity index (χ0v) is 23.1. The van der Waals surface area contributed by atoms with Gasteiger partial charge in [-0.15, -0.1) is 0 Å². The lowest BCUT2D eigenvalue weighted by atomic mass is 9.96. The highest BCUT2D eigenvalue weighted by Gasteiger charge is 2.19. The maximum absolute atomic E-state index is 13.7. The van der Waals surface area contributed by atoms with Crippen LogP contribution < -0.4 is 15.0 Å². The third-order valence-corrected chi connectivity index (χ3v) is 6.34. The summed E-state index contributed by atoms with van der Waals surface area (Å²) in [6.07, 6.45) is 0.722. The number of esters is 1. The van der Waals surface area contributed by atoms with E-state index < -0.39 is 12.1 Å². The molecule has 0 saturated carbocycles. The summed E-state index contributed by atoms with van der Waals surface area (Å²) in [4.78, 5) is 30.5. The first-order valence-corrected chi connectivity index (χ1v) is 12.9. The molecular weight excluding hydrogens is 494 g/mol. The fourth-order valence-corrected chi connectivity index (χ4v) is 4.29. The first-order valence-electron chi connectivity index (χ1n) is 12.9. The van der Waals surface area contributed by atoms with Gasteiger partial charge in [0.2, 0.25) is 0 Å². The summed E-state index contributed by atoms with van der Waals surface area (Å²) in [5.41, 5.74) is 3.58. The molecule has 202 valence electrons. The number of para-hydroxylation sites is 2. The number of aryl methyl sites for hydroxylation is 1. The van der Waals surface area contributed by atoms with Crippen molar-refractivity contribution in [2.24, 2.45) is 5.10 Å². The lowest BCUT2D eigenvalue weighted by Gasteiger charge is -2.18. The molecule has 1 aromatic heterocycles.